The zero-order valence-corrected chi connectivity index (χ0v) is 10.1. The molecule has 0 aromatic heterocycles. The lowest BCUT2D eigenvalue weighted by Crippen LogP contribution is -2.42. The molecule has 1 aromatic rings. The van der Waals surface area contributed by atoms with Crippen molar-refractivity contribution < 1.29 is 4.74 Å². The summed E-state index contributed by atoms with van der Waals surface area (Å²) in [6.07, 6.45) is 5.62. The smallest absolute Gasteiger partial charge is 0.0774 e. The second-order valence-corrected chi connectivity index (χ2v) is 5.66. The molecular formula is C15H19NO. The van der Waals surface area contributed by atoms with Gasteiger partial charge in [-0.25, -0.2) is 0 Å². The molecule has 0 amide bonds. The molecule has 0 spiro atoms. The number of rotatable bonds is 1. The van der Waals surface area contributed by atoms with E-state index in [0.29, 0.717) is 12.1 Å². The van der Waals surface area contributed by atoms with Crippen LogP contribution in [0.1, 0.15) is 54.3 Å². The first-order valence-electron chi connectivity index (χ1n) is 6.89. The number of ether oxygens (including phenoxy) is 1. The summed E-state index contributed by atoms with van der Waals surface area (Å²) < 4.78 is 6.00. The van der Waals surface area contributed by atoms with Gasteiger partial charge >= 0.3 is 0 Å². The lowest BCUT2D eigenvalue weighted by Gasteiger charge is -2.38. The fourth-order valence-electron chi connectivity index (χ4n) is 3.27. The summed E-state index contributed by atoms with van der Waals surface area (Å²) in [4.78, 5) is 0. The molecule has 1 saturated heterocycles. The summed E-state index contributed by atoms with van der Waals surface area (Å²) in [5.74, 6) is 0.845. The Morgan fingerprint density at radius 2 is 2.12 bits per heavy atom. The Morgan fingerprint density at radius 3 is 3.00 bits per heavy atom. The molecule has 2 heteroatoms. The highest BCUT2D eigenvalue weighted by molar-refractivity contribution is 5.38. The van der Waals surface area contributed by atoms with Crippen LogP contribution in [0.5, 0.6) is 0 Å². The number of hydrogen-bond donors (Lipinski definition) is 1. The average Bonchev–Trinajstić information content (AvgIpc) is 3.22. The van der Waals surface area contributed by atoms with E-state index in [-0.39, 0.29) is 0 Å². The Labute approximate surface area is 102 Å². The summed E-state index contributed by atoms with van der Waals surface area (Å²) in [6.45, 7) is 1.95. The van der Waals surface area contributed by atoms with Gasteiger partial charge in [0.1, 0.15) is 0 Å². The van der Waals surface area contributed by atoms with Crippen molar-refractivity contribution in [2.75, 3.05) is 6.54 Å². The summed E-state index contributed by atoms with van der Waals surface area (Å²) in [5.41, 5.74) is 4.44. The zero-order chi connectivity index (χ0) is 11.2. The minimum absolute atomic E-state index is 0.406. The summed E-state index contributed by atoms with van der Waals surface area (Å²) in [5, 5.41) is 3.62. The van der Waals surface area contributed by atoms with Crippen LogP contribution in [-0.2, 0) is 11.3 Å². The van der Waals surface area contributed by atoms with Crippen molar-refractivity contribution in [3.63, 3.8) is 0 Å². The molecule has 2 atom stereocenters. The van der Waals surface area contributed by atoms with E-state index in [1.165, 1.54) is 42.4 Å². The van der Waals surface area contributed by atoms with Gasteiger partial charge in [-0.2, -0.15) is 0 Å². The Morgan fingerprint density at radius 1 is 1.18 bits per heavy atom. The SMILES string of the molecule is c1cc2c(cc1C1CC1)COC1CCCN[C@@H]21. The Kier molecular flexibility index (Phi) is 2.27. The van der Waals surface area contributed by atoms with Gasteiger partial charge in [-0.3, -0.25) is 0 Å². The van der Waals surface area contributed by atoms with E-state index >= 15 is 0 Å². The van der Waals surface area contributed by atoms with E-state index in [2.05, 4.69) is 23.5 Å². The van der Waals surface area contributed by atoms with Crippen molar-refractivity contribution >= 4 is 0 Å². The Hall–Kier alpha value is -0.860. The van der Waals surface area contributed by atoms with Gasteiger partial charge < -0.3 is 10.1 Å². The van der Waals surface area contributed by atoms with Gasteiger partial charge in [-0.05, 0) is 54.8 Å². The molecule has 1 N–H and O–H groups in total. The predicted octanol–water partition coefficient (Wildman–Crippen LogP) is 2.89. The van der Waals surface area contributed by atoms with Crippen LogP contribution in [0.15, 0.2) is 18.2 Å². The second-order valence-electron chi connectivity index (χ2n) is 5.66. The van der Waals surface area contributed by atoms with E-state index in [0.717, 1.165) is 19.1 Å². The van der Waals surface area contributed by atoms with Gasteiger partial charge in [0.25, 0.3) is 0 Å². The van der Waals surface area contributed by atoms with Crippen molar-refractivity contribution in [1.29, 1.82) is 0 Å². The van der Waals surface area contributed by atoms with Gasteiger partial charge in [0.05, 0.1) is 18.8 Å². The van der Waals surface area contributed by atoms with Crippen molar-refractivity contribution in [1.82, 2.24) is 5.32 Å². The van der Waals surface area contributed by atoms with Crippen molar-refractivity contribution in [2.24, 2.45) is 0 Å². The molecule has 1 saturated carbocycles. The monoisotopic (exact) mass is 229 g/mol. The Bertz CT molecular complexity index is 439. The van der Waals surface area contributed by atoms with E-state index in [9.17, 15) is 0 Å². The second kappa shape index (κ2) is 3.82. The standard InChI is InChI=1S/C15H19NO/c1-2-14-15(16-7-1)13-6-5-11(10-3-4-10)8-12(13)9-17-14/h5-6,8,10,14-16H,1-4,7,9H2/t14?,15-/m0/s1. The van der Waals surface area contributed by atoms with Crippen LogP contribution in [0.4, 0.5) is 0 Å². The maximum absolute atomic E-state index is 6.00. The molecule has 2 fully saturated rings. The largest absolute Gasteiger partial charge is 0.372 e. The molecule has 0 radical (unpaired) electrons. The fourth-order valence-corrected chi connectivity index (χ4v) is 3.27. The molecule has 90 valence electrons. The predicted molar refractivity (Wildman–Crippen MR) is 67.0 cm³/mol. The van der Waals surface area contributed by atoms with Gasteiger partial charge in [-0.15, -0.1) is 0 Å². The lowest BCUT2D eigenvalue weighted by molar-refractivity contribution is -0.0177. The van der Waals surface area contributed by atoms with Crippen LogP contribution in [-0.4, -0.2) is 12.6 Å². The van der Waals surface area contributed by atoms with E-state index < -0.39 is 0 Å². The van der Waals surface area contributed by atoms with Crippen LogP contribution in [0.25, 0.3) is 0 Å². The molecule has 3 aliphatic rings. The van der Waals surface area contributed by atoms with E-state index in [1.54, 1.807) is 0 Å². The van der Waals surface area contributed by atoms with Crippen LogP contribution in [0, 0.1) is 0 Å². The number of hydrogen-bond acceptors (Lipinski definition) is 2. The van der Waals surface area contributed by atoms with Crippen molar-refractivity contribution in [3.05, 3.63) is 34.9 Å². The fraction of sp³-hybridized carbons (Fsp3) is 0.600. The number of piperidine rings is 1. The minimum atomic E-state index is 0.406. The zero-order valence-electron chi connectivity index (χ0n) is 10.1. The highest BCUT2D eigenvalue weighted by Gasteiger charge is 2.33. The van der Waals surface area contributed by atoms with E-state index in [4.69, 9.17) is 4.74 Å². The summed E-state index contributed by atoms with van der Waals surface area (Å²) in [7, 11) is 0. The summed E-state index contributed by atoms with van der Waals surface area (Å²) in [6, 6.07) is 7.52. The van der Waals surface area contributed by atoms with Crippen LogP contribution >= 0.6 is 0 Å². The normalized spacial score (nSPS) is 31.8. The highest BCUT2D eigenvalue weighted by Crippen LogP contribution is 2.42. The van der Waals surface area contributed by atoms with E-state index in [1.807, 2.05) is 0 Å². The summed E-state index contributed by atoms with van der Waals surface area (Å²) >= 11 is 0. The van der Waals surface area contributed by atoms with Crippen LogP contribution in [0.2, 0.25) is 0 Å². The van der Waals surface area contributed by atoms with Gasteiger partial charge in [0.2, 0.25) is 0 Å². The minimum Gasteiger partial charge on any atom is -0.372 e. The maximum atomic E-state index is 6.00. The first-order valence-corrected chi connectivity index (χ1v) is 6.89. The van der Waals surface area contributed by atoms with Crippen LogP contribution in [0.3, 0.4) is 0 Å². The Balaban J connectivity index is 1.70. The van der Waals surface area contributed by atoms with Crippen LogP contribution < -0.4 is 5.32 Å². The molecular weight excluding hydrogens is 210 g/mol. The lowest BCUT2D eigenvalue weighted by atomic mass is 9.88. The molecule has 2 aliphatic heterocycles. The topological polar surface area (TPSA) is 21.3 Å². The average molecular weight is 229 g/mol. The molecule has 4 rings (SSSR count). The molecule has 1 aromatic carbocycles. The molecule has 1 unspecified atom stereocenters. The highest BCUT2D eigenvalue weighted by atomic mass is 16.5. The third kappa shape index (κ3) is 1.71. The van der Waals surface area contributed by atoms with Gasteiger partial charge in [-0.1, -0.05) is 18.2 Å². The molecule has 0 bridgehead atoms. The quantitative estimate of drug-likeness (QED) is 0.799. The number of benzene rings is 1. The number of nitrogens with one attached hydrogen (secondary N) is 1. The molecule has 2 heterocycles. The molecule has 1 aliphatic carbocycles. The van der Waals surface area contributed by atoms with Crippen molar-refractivity contribution in [3.8, 4) is 0 Å². The molecule has 17 heavy (non-hydrogen) atoms. The first kappa shape index (κ1) is 10.1. The third-order valence-electron chi connectivity index (χ3n) is 4.41. The first-order chi connectivity index (χ1) is 8.42. The maximum Gasteiger partial charge on any atom is 0.0774 e. The third-order valence-corrected chi connectivity index (χ3v) is 4.41. The molecule has 2 nitrogen and oxygen atoms in total. The van der Waals surface area contributed by atoms with Gasteiger partial charge in [0.15, 0.2) is 0 Å². The number of fused-ring (bicyclic) bond motifs is 3. The van der Waals surface area contributed by atoms with Gasteiger partial charge in [0, 0.05) is 0 Å². The van der Waals surface area contributed by atoms with Crippen molar-refractivity contribution in [2.45, 2.75) is 50.4 Å².